The van der Waals surface area contributed by atoms with Crippen LogP contribution in [0.25, 0.3) is 0 Å². The van der Waals surface area contributed by atoms with Crippen LogP contribution >= 0.6 is 23.4 Å². The fourth-order valence-electron chi connectivity index (χ4n) is 2.27. The van der Waals surface area contributed by atoms with Crippen LogP contribution in [0.5, 0.6) is 0 Å². The predicted molar refractivity (Wildman–Crippen MR) is 96.9 cm³/mol. The van der Waals surface area contributed by atoms with E-state index in [4.69, 9.17) is 16.7 Å². The van der Waals surface area contributed by atoms with Crippen molar-refractivity contribution < 1.29 is 14.7 Å². The van der Waals surface area contributed by atoms with Gasteiger partial charge >= 0.3 is 5.97 Å². The Hall–Kier alpha value is -1.98. The molecule has 0 spiro atoms. The van der Waals surface area contributed by atoms with Crippen molar-refractivity contribution in [3.8, 4) is 0 Å². The highest BCUT2D eigenvalue weighted by Crippen LogP contribution is 2.25. The van der Waals surface area contributed by atoms with Crippen LogP contribution in [0.15, 0.2) is 47.4 Å². The van der Waals surface area contributed by atoms with Crippen LogP contribution in [0.2, 0.25) is 5.02 Å². The van der Waals surface area contributed by atoms with E-state index in [1.165, 1.54) is 11.8 Å². The molecule has 2 N–H and O–H groups in total. The van der Waals surface area contributed by atoms with Gasteiger partial charge in [-0.1, -0.05) is 41.4 Å². The Kier molecular flexibility index (Phi) is 6.29. The second kappa shape index (κ2) is 8.22. The molecule has 4 nitrogen and oxygen atoms in total. The van der Waals surface area contributed by atoms with Crippen molar-refractivity contribution in [2.24, 2.45) is 0 Å². The highest BCUT2D eigenvalue weighted by molar-refractivity contribution is 7.98. The largest absolute Gasteiger partial charge is 0.481 e. The van der Waals surface area contributed by atoms with Crippen LogP contribution in [0, 0.1) is 6.92 Å². The minimum Gasteiger partial charge on any atom is -0.481 e. The van der Waals surface area contributed by atoms with Crippen molar-refractivity contribution in [1.29, 1.82) is 0 Å². The normalized spacial score (nSPS) is 11.8. The summed E-state index contributed by atoms with van der Waals surface area (Å²) in [5.41, 5.74) is 2.15. The van der Waals surface area contributed by atoms with Gasteiger partial charge in [-0.15, -0.1) is 11.8 Å². The number of rotatable bonds is 6. The fourth-order valence-corrected chi connectivity index (χ4v) is 2.91. The standard InChI is InChI=1S/C18H18ClNO3S/c1-11-3-5-12(6-4-11)16(10-17(21)22)20-18(23)14-9-13(24-2)7-8-15(14)19/h3-9,16H,10H2,1-2H3,(H,20,23)(H,21,22). The average Bonchev–Trinajstić information content (AvgIpc) is 2.55. The van der Waals surface area contributed by atoms with E-state index in [0.717, 1.165) is 16.0 Å². The number of carboxylic acid groups (broad SMARTS) is 1. The summed E-state index contributed by atoms with van der Waals surface area (Å²) in [6.45, 7) is 1.95. The number of nitrogens with one attached hydrogen (secondary N) is 1. The van der Waals surface area contributed by atoms with Gasteiger partial charge < -0.3 is 10.4 Å². The molecule has 1 amide bonds. The van der Waals surface area contributed by atoms with Gasteiger partial charge in [-0.05, 0) is 36.9 Å². The molecule has 0 fully saturated rings. The number of aliphatic carboxylic acids is 1. The molecule has 126 valence electrons. The first-order valence-corrected chi connectivity index (χ1v) is 8.93. The number of amides is 1. The fraction of sp³-hybridized carbons (Fsp3) is 0.222. The Morgan fingerprint density at radius 3 is 2.46 bits per heavy atom. The molecular weight excluding hydrogens is 346 g/mol. The zero-order valence-corrected chi connectivity index (χ0v) is 14.9. The minimum absolute atomic E-state index is 0.200. The van der Waals surface area contributed by atoms with Gasteiger partial charge in [0.15, 0.2) is 0 Å². The molecule has 2 aromatic rings. The maximum absolute atomic E-state index is 12.6. The molecule has 0 aliphatic heterocycles. The third kappa shape index (κ3) is 4.76. The Balaban J connectivity index is 2.27. The summed E-state index contributed by atoms with van der Waals surface area (Å²) in [7, 11) is 0. The number of halogens is 1. The average molecular weight is 364 g/mol. The van der Waals surface area contributed by atoms with Crippen molar-refractivity contribution in [2.45, 2.75) is 24.3 Å². The van der Waals surface area contributed by atoms with Crippen LogP contribution in [-0.2, 0) is 4.79 Å². The summed E-state index contributed by atoms with van der Waals surface area (Å²) in [6.07, 6.45) is 1.71. The van der Waals surface area contributed by atoms with Crippen molar-refractivity contribution in [3.63, 3.8) is 0 Å². The third-order valence-corrected chi connectivity index (χ3v) is 4.64. The van der Waals surface area contributed by atoms with Gasteiger partial charge in [-0.3, -0.25) is 9.59 Å². The number of carbonyl (C=O) groups excluding carboxylic acids is 1. The van der Waals surface area contributed by atoms with E-state index in [1.807, 2.05) is 43.5 Å². The molecule has 2 rings (SSSR count). The summed E-state index contributed by atoms with van der Waals surface area (Å²) in [5.74, 6) is -1.37. The topological polar surface area (TPSA) is 66.4 Å². The van der Waals surface area contributed by atoms with Gasteiger partial charge in [0.2, 0.25) is 0 Å². The quantitative estimate of drug-likeness (QED) is 0.750. The van der Waals surface area contributed by atoms with Gasteiger partial charge in [-0.2, -0.15) is 0 Å². The second-order valence-corrected chi connectivity index (χ2v) is 6.67. The number of carboxylic acids is 1. The molecule has 24 heavy (non-hydrogen) atoms. The smallest absolute Gasteiger partial charge is 0.305 e. The summed E-state index contributed by atoms with van der Waals surface area (Å²) >= 11 is 7.62. The van der Waals surface area contributed by atoms with E-state index in [1.54, 1.807) is 12.1 Å². The molecule has 1 atom stereocenters. The lowest BCUT2D eigenvalue weighted by Gasteiger charge is -2.18. The molecule has 6 heteroatoms. The maximum atomic E-state index is 12.6. The van der Waals surface area contributed by atoms with E-state index in [2.05, 4.69) is 5.32 Å². The third-order valence-electron chi connectivity index (χ3n) is 3.58. The van der Waals surface area contributed by atoms with E-state index in [-0.39, 0.29) is 12.3 Å². The Morgan fingerprint density at radius 2 is 1.88 bits per heavy atom. The molecular formula is C18H18ClNO3S. The monoisotopic (exact) mass is 363 g/mol. The van der Waals surface area contributed by atoms with Crippen LogP contribution < -0.4 is 5.32 Å². The molecule has 0 aromatic heterocycles. The van der Waals surface area contributed by atoms with E-state index >= 15 is 0 Å². The second-order valence-electron chi connectivity index (χ2n) is 5.38. The Morgan fingerprint density at radius 1 is 1.21 bits per heavy atom. The molecule has 0 aliphatic rings. The van der Waals surface area contributed by atoms with E-state index in [9.17, 15) is 9.59 Å². The summed E-state index contributed by atoms with van der Waals surface area (Å²) < 4.78 is 0. The lowest BCUT2D eigenvalue weighted by atomic mass is 10.0. The van der Waals surface area contributed by atoms with Crippen molar-refractivity contribution in [1.82, 2.24) is 5.32 Å². The number of carbonyl (C=O) groups is 2. The molecule has 0 bridgehead atoms. The molecule has 1 unspecified atom stereocenters. The van der Waals surface area contributed by atoms with Crippen molar-refractivity contribution in [2.75, 3.05) is 6.26 Å². The summed E-state index contributed by atoms with van der Waals surface area (Å²) in [5, 5.41) is 12.3. The number of hydrogen-bond acceptors (Lipinski definition) is 3. The van der Waals surface area contributed by atoms with Crippen LogP contribution in [-0.4, -0.2) is 23.2 Å². The molecule has 0 heterocycles. The van der Waals surface area contributed by atoms with E-state index < -0.39 is 12.0 Å². The maximum Gasteiger partial charge on any atom is 0.305 e. The number of hydrogen-bond donors (Lipinski definition) is 2. The SMILES string of the molecule is CSc1ccc(Cl)c(C(=O)NC(CC(=O)O)c2ccc(C)cc2)c1. The minimum atomic E-state index is -0.982. The van der Waals surface area contributed by atoms with Crippen molar-refractivity contribution >= 4 is 35.2 Å². The highest BCUT2D eigenvalue weighted by Gasteiger charge is 2.20. The van der Waals surface area contributed by atoms with Crippen LogP contribution in [0.4, 0.5) is 0 Å². The van der Waals surface area contributed by atoms with E-state index in [0.29, 0.717) is 10.6 Å². The Bertz CT molecular complexity index is 746. The van der Waals surface area contributed by atoms with Crippen molar-refractivity contribution in [3.05, 3.63) is 64.2 Å². The zero-order chi connectivity index (χ0) is 17.7. The number of aryl methyl sites for hydroxylation is 1. The first kappa shape index (κ1) is 18.4. The Labute approximate surface area is 150 Å². The molecule has 0 saturated carbocycles. The molecule has 0 radical (unpaired) electrons. The summed E-state index contributed by atoms with van der Waals surface area (Å²) in [6, 6.07) is 12.0. The van der Waals surface area contributed by atoms with Gasteiger partial charge in [0.1, 0.15) is 0 Å². The molecule has 2 aromatic carbocycles. The van der Waals surface area contributed by atoms with Gasteiger partial charge in [0, 0.05) is 4.90 Å². The molecule has 0 aliphatic carbocycles. The van der Waals surface area contributed by atoms with Gasteiger partial charge in [-0.25, -0.2) is 0 Å². The van der Waals surface area contributed by atoms with Gasteiger partial charge in [0.05, 0.1) is 23.0 Å². The first-order valence-electron chi connectivity index (χ1n) is 7.33. The lowest BCUT2D eigenvalue weighted by molar-refractivity contribution is -0.137. The first-order chi connectivity index (χ1) is 11.4. The van der Waals surface area contributed by atoms with Crippen LogP contribution in [0.1, 0.15) is 33.9 Å². The lowest BCUT2D eigenvalue weighted by Crippen LogP contribution is -2.30. The van der Waals surface area contributed by atoms with Crippen LogP contribution in [0.3, 0.4) is 0 Å². The predicted octanol–water partition coefficient (Wildman–Crippen LogP) is 4.32. The number of benzene rings is 2. The number of thioether (sulfide) groups is 1. The molecule has 0 saturated heterocycles. The highest BCUT2D eigenvalue weighted by atomic mass is 35.5. The summed E-state index contributed by atoms with van der Waals surface area (Å²) in [4.78, 5) is 24.6. The van der Waals surface area contributed by atoms with Gasteiger partial charge in [0.25, 0.3) is 5.91 Å². The zero-order valence-electron chi connectivity index (χ0n) is 13.4.